The van der Waals surface area contributed by atoms with Crippen molar-refractivity contribution in [3.05, 3.63) is 69.9 Å². The van der Waals surface area contributed by atoms with Crippen molar-refractivity contribution in [2.24, 2.45) is 5.92 Å². The summed E-state index contributed by atoms with van der Waals surface area (Å²) in [4.78, 5) is 33.7. The van der Waals surface area contributed by atoms with E-state index in [1.54, 1.807) is 0 Å². The number of benzene rings is 2. The van der Waals surface area contributed by atoms with Crippen LogP contribution >= 0.6 is 11.3 Å². The molecule has 1 unspecified atom stereocenters. The summed E-state index contributed by atoms with van der Waals surface area (Å²) in [6.45, 7) is 4.01. The van der Waals surface area contributed by atoms with Crippen LogP contribution in [0.4, 0.5) is 13.2 Å². The number of likely N-dealkylation sites (tertiary alicyclic amines) is 1. The van der Waals surface area contributed by atoms with E-state index in [4.69, 9.17) is 4.74 Å². The number of thiazole rings is 1. The number of amides is 2. The number of methoxy groups -OCH3 is 1. The predicted octanol–water partition coefficient (Wildman–Crippen LogP) is 5.49. The predicted molar refractivity (Wildman–Crippen MR) is 134 cm³/mol. The van der Waals surface area contributed by atoms with Crippen molar-refractivity contribution < 1.29 is 27.5 Å². The zero-order valence-electron chi connectivity index (χ0n) is 20.6. The molecule has 3 atom stereocenters. The lowest BCUT2D eigenvalue weighted by Gasteiger charge is -2.27. The summed E-state index contributed by atoms with van der Waals surface area (Å²) in [6.07, 6.45) is -3.01. The average Bonchev–Trinajstić information content (AvgIpc) is 3.34. The number of carbonyl (C=O) groups is 2. The summed E-state index contributed by atoms with van der Waals surface area (Å²) < 4.78 is 44.9. The van der Waals surface area contributed by atoms with Gasteiger partial charge in [-0.05, 0) is 56.4 Å². The molecule has 1 aliphatic carbocycles. The number of alkyl halides is 3. The highest BCUT2D eigenvalue weighted by Crippen LogP contribution is 2.49. The molecule has 1 saturated carbocycles. The number of halogens is 3. The summed E-state index contributed by atoms with van der Waals surface area (Å²) in [5.41, 5.74) is 1.29. The number of hydrogen-bond acceptors (Lipinski definition) is 5. The van der Waals surface area contributed by atoms with Gasteiger partial charge in [0.05, 0.1) is 28.6 Å². The van der Waals surface area contributed by atoms with Gasteiger partial charge in [0, 0.05) is 18.2 Å². The Hall–Kier alpha value is -3.40. The quantitative estimate of drug-likeness (QED) is 0.459. The number of rotatable bonds is 6. The molecule has 2 aromatic carbocycles. The van der Waals surface area contributed by atoms with E-state index in [-0.39, 0.29) is 35.8 Å². The molecule has 194 valence electrons. The minimum absolute atomic E-state index is 0.0968. The van der Waals surface area contributed by atoms with Crippen molar-refractivity contribution in [1.82, 2.24) is 15.2 Å². The van der Waals surface area contributed by atoms with Gasteiger partial charge in [-0.2, -0.15) is 13.2 Å². The maximum absolute atomic E-state index is 13.7. The standard InChI is InChI=1S/C27H26F3N3O3S/c1-14-5-4-6-16(9-14)24-23(32-15(2)37-24)26(35)33-19(10-18-12-21(18)33)13-31-25(34)17-7-8-22(36-3)20(11-17)27(28,29)30/h4-9,11,18-19,21H,10,12-13H2,1-3H3,(H,31,34)/t18-,19+,21?/m1/s1. The Bertz CT molecular complexity index is 1370. The van der Waals surface area contributed by atoms with Gasteiger partial charge in [0.25, 0.3) is 11.8 Å². The lowest BCUT2D eigenvalue weighted by molar-refractivity contribution is -0.138. The molecule has 2 aliphatic rings. The molecule has 0 spiro atoms. The molecule has 2 fully saturated rings. The molecule has 5 rings (SSSR count). The molecule has 1 N–H and O–H groups in total. The summed E-state index contributed by atoms with van der Waals surface area (Å²) in [6, 6.07) is 11.0. The molecule has 37 heavy (non-hydrogen) atoms. The Labute approximate surface area is 216 Å². The number of nitrogens with one attached hydrogen (secondary N) is 1. The van der Waals surface area contributed by atoms with Gasteiger partial charge in [-0.3, -0.25) is 9.59 Å². The van der Waals surface area contributed by atoms with Crippen LogP contribution in [0.5, 0.6) is 5.75 Å². The lowest BCUT2D eigenvalue weighted by atomic mass is 10.1. The fraction of sp³-hybridized carbons (Fsp3) is 0.370. The monoisotopic (exact) mass is 529 g/mol. The van der Waals surface area contributed by atoms with E-state index in [0.29, 0.717) is 11.6 Å². The third kappa shape index (κ3) is 4.94. The number of hydrogen-bond donors (Lipinski definition) is 1. The van der Waals surface area contributed by atoms with Gasteiger partial charge in [-0.15, -0.1) is 11.3 Å². The maximum Gasteiger partial charge on any atom is 0.419 e. The van der Waals surface area contributed by atoms with Gasteiger partial charge in [0.15, 0.2) is 0 Å². The summed E-state index contributed by atoms with van der Waals surface area (Å²) in [7, 11) is 1.15. The van der Waals surface area contributed by atoms with Crippen molar-refractivity contribution in [2.45, 2.75) is 44.9 Å². The second kappa shape index (κ2) is 9.48. The Kier molecular flexibility index (Phi) is 6.47. The molecule has 6 nitrogen and oxygen atoms in total. The van der Waals surface area contributed by atoms with Crippen molar-refractivity contribution >= 4 is 23.2 Å². The molecule has 0 bridgehead atoms. The highest BCUT2D eigenvalue weighted by molar-refractivity contribution is 7.15. The van der Waals surface area contributed by atoms with Crippen LogP contribution in [0.2, 0.25) is 0 Å². The molecule has 1 aromatic heterocycles. The maximum atomic E-state index is 13.7. The molecule has 1 aliphatic heterocycles. The van der Waals surface area contributed by atoms with Crippen LogP contribution in [0.15, 0.2) is 42.5 Å². The van der Waals surface area contributed by atoms with Crippen molar-refractivity contribution in [2.75, 3.05) is 13.7 Å². The Balaban J connectivity index is 1.34. The van der Waals surface area contributed by atoms with E-state index in [0.717, 1.165) is 53.1 Å². The zero-order chi connectivity index (χ0) is 26.5. The highest BCUT2D eigenvalue weighted by Gasteiger charge is 2.54. The third-order valence-electron chi connectivity index (χ3n) is 6.93. The Morgan fingerprint density at radius 3 is 2.65 bits per heavy atom. The number of piperidine rings is 1. The minimum Gasteiger partial charge on any atom is -0.496 e. The zero-order valence-corrected chi connectivity index (χ0v) is 21.4. The first-order chi connectivity index (χ1) is 17.6. The van der Waals surface area contributed by atoms with E-state index in [2.05, 4.69) is 10.3 Å². The summed E-state index contributed by atoms with van der Waals surface area (Å²) >= 11 is 1.47. The molecule has 3 aromatic rings. The molecular formula is C27H26F3N3O3S. The van der Waals surface area contributed by atoms with Crippen LogP contribution in [0.25, 0.3) is 10.4 Å². The first-order valence-electron chi connectivity index (χ1n) is 12.0. The highest BCUT2D eigenvalue weighted by atomic mass is 32.1. The van der Waals surface area contributed by atoms with Gasteiger partial charge >= 0.3 is 6.18 Å². The first-order valence-corrected chi connectivity index (χ1v) is 12.8. The van der Waals surface area contributed by atoms with Crippen molar-refractivity contribution in [1.29, 1.82) is 0 Å². The second-order valence-electron chi connectivity index (χ2n) is 9.57. The van der Waals surface area contributed by atoms with Gasteiger partial charge < -0.3 is 15.0 Å². The first kappa shape index (κ1) is 25.3. The minimum atomic E-state index is -4.65. The molecule has 0 radical (unpaired) electrons. The van der Waals surface area contributed by atoms with Crippen LogP contribution < -0.4 is 10.1 Å². The number of carbonyl (C=O) groups excluding carboxylic acids is 2. The Morgan fingerprint density at radius 1 is 1.16 bits per heavy atom. The summed E-state index contributed by atoms with van der Waals surface area (Å²) in [5, 5.41) is 3.52. The average molecular weight is 530 g/mol. The van der Waals surface area contributed by atoms with Crippen LogP contribution in [-0.2, 0) is 6.18 Å². The number of aromatic nitrogens is 1. The third-order valence-corrected chi connectivity index (χ3v) is 7.95. The van der Waals surface area contributed by atoms with Gasteiger partial charge in [0.2, 0.25) is 0 Å². The van der Waals surface area contributed by atoms with Crippen LogP contribution in [0, 0.1) is 19.8 Å². The van der Waals surface area contributed by atoms with E-state index in [1.165, 1.54) is 17.4 Å². The van der Waals surface area contributed by atoms with Gasteiger partial charge in [-0.25, -0.2) is 4.98 Å². The topological polar surface area (TPSA) is 71.5 Å². The van der Waals surface area contributed by atoms with E-state index in [1.807, 2.05) is 43.0 Å². The number of fused-ring (bicyclic) bond motifs is 1. The lowest BCUT2D eigenvalue weighted by Crippen LogP contribution is -2.45. The normalized spacial score (nSPS) is 20.5. The molecular weight excluding hydrogens is 503 g/mol. The molecule has 2 amide bonds. The van der Waals surface area contributed by atoms with Crippen LogP contribution in [0.1, 0.15) is 49.8 Å². The fourth-order valence-corrected chi connectivity index (χ4v) is 6.02. The Morgan fingerprint density at radius 2 is 1.95 bits per heavy atom. The van der Waals surface area contributed by atoms with Crippen LogP contribution in [-0.4, -0.2) is 47.4 Å². The largest absolute Gasteiger partial charge is 0.496 e. The number of aryl methyl sites for hydroxylation is 2. The van der Waals surface area contributed by atoms with E-state index < -0.39 is 17.6 Å². The van der Waals surface area contributed by atoms with Gasteiger partial charge in [0.1, 0.15) is 11.4 Å². The van der Waals surface area contributed by atoms with Crippen molar-refractivity contribution in [3.63, 3.8) is 0 Å². The second-order valence-corrected chi connectivity index (χ2v) is 10.8. The molecule has 1 saturated heterocycles. The van der Waals surface area contributed by atoms with Gasteiger partial charge in [-0.1, -0.05) is 29.8 Å². The SMILES string of the molecule is COc1ccc(C(=O)NC[C@@H]2C[C@@H]3CC3N2C(=O)c2nc(C)sc2-c2cccc(C)c2)cc1C(F)(F)F. The van der Waals surface area contributed by atoms with Crippen molar-refractivity contribution in [3.8, 4) is 16.2 Å². The smallest absolute Gasteiger partial charge is 0.419 e. The number of nitrogens with zero attached hydrogens (tertiary/aromatic N) is 2. The fourth-order valence-electron chi connectivity index (χ4n) is 5.12. The number of ether oxygens (including phenoxy) is 1. The summed E-state index contributed by atoms with van der Waals surface area (Å²) in [5.74, 6) is -0.787. The van der Waals surface area contributed by atoms with Crippen LogP contribution in [0.3, 0.4) is 0 Å². The van der Waals surface area contributed by atoms with E-state index >= 15 is 0 Å². The molecule has 2 heterocycles. The van der Waals surface area contributed by atoms with E-state index in [9.17, 15) is 22.8 Å². The molecule has 10 heteroatoms.